The summed E-state index contributed by atoms with van der Waals surface area (Å²) >= 11 is 1.49. The van der Waals surface area contributed by atoms with Gasteiger partial charge in [-0.2, -0.15) is 0 Å². The molecule has 8 nitrogen and oxygen atoms in total. The third-order valence-corrected chi connectivity index (χ3v) is 7.56. The Labute approximate surface area is 209 Å². The Bertz CT molecular complexity index is 1250. The van der Waals surface area contributed by atoms with Gasteiger partial charge in [-0.3, -0.25) is 9.10 Å². The lowest BCUT2D eigenvalue weighted by atomic mass is 10.3. The van der Waals surface area contributed by atoms with Crippen LogP contribution in [0.4, 0.5) is 11.4 Å². The largest absolute Gasteiger partial charge is 0.482 e. The number of ether oxygens (including phenoxy) is 2. The molecule has 35 heavy (non-hydrogen) atoms. The lowest BCUT2D eigenvalue weighted by molar-refractivity contribution is -0.149. The molecule has 1 N–H and O–H groups in total. The Morgan fingerprint density at radius 3 is 2.23 bits per heavy atom. The second kappa shape index (κ2) is 12.3. The number of rotatable bonds is 11. The lowest BCUT2D eigenvalue weighted by Crippen LogP contribution is -2.30. The van der Waals surface area contributed by atoms with Crippen molar-refractivity contribution in [2.45, 2.75) is 16.7 Å². The van der Waals surface area contributed by atoms with Crippen LogP contribution in [0.25, 0.3) is 0 Å². The minimum Gasteiger partial charge on any atom is -0.482 e. The smallest absolute Gasteiger partial charge is 0.344 e. The molecule has 0 bridgehead atoms. The van der Waals surface area contributed by atoms with E-state index in [0.717, 1.165) is 4.90 Å². The number of carbonyl (C=O) groups is 2. The van der Waals surface area contributed by atoms with Crippen molar-refractivity contribution < 1.29 is 27.5 Å². The molecule has 3 aromatic rings. The number of anilines is 2. The maximum absolute atomic E-state index is 12.9. The summed E-state index contributed by atoms with van der Waals surface area (Å²) in [7, 11) is -3.71. The lowest BCUT2D eigenvalue weighted by Gasteiger charge is -2.23. The van der Waals surface area contributed by atoms with Crippen molar-refractivity contribution in [2.75, 3.05) is 35.6 Å². The molecule has 0 heterocycles. The fourth-order valence-corrected chi connectivity index (χ4v) is 5.23. The molecule has 3 rings (SSSR count). The highest BCUT2D eigenvalue weighted by molar-refractivity contribution is 7.98. The molecule has 0 saturated carbocycles. The van der Waals surface area contributed by atoms with Gasteiger partial charge in [0.25, 0.3) is 15.9 Å². The van der Waals surface area contributed by atoms with Gasteiger partial charge in [0.15, 0.2) is 13.2 Å². The Balaban J connectivity index is 1.51. The van der Waals surface area contributed by atoms with Gasteiger partial charge < -0.3 is 14.8 Å². The van der Waals surface area contributed by atoms with Gasteiger partial charge in [-0.1, -0.05) is 30.3 Å². The predicted molar refractivity (Wildman–Crippen MR) is 136 cm³/mol. The minimum atomic E-state index is -3.71. The molecular formula is C25H26N2O6S2. The van der Waals surface area contributed by atoms with Crippen molar-refractivity contribution in [2.24, 2.45) is 0 Å². The number of carbonyl (C=O) groups excluding carboxylic acids is 2. The number of thioether (sulfide) groups is 1. The van der Waals surface area contributed by atoms with E-state index < -0.39 is 35.1 Å². The summed E-state index contributed by atoms with van der Waals surface area (Å²) in [5.41, 5.74) is 1.11. The van der Waals surface area contributed by atoms with Gasteiger partial charge in [-0.15, -0.1) is 11.8 Å². The van der Waals surface area contributed by atoms with Gasteiger partial charge in [0.05, 0.1) is 16.3 Å². The van der Waals surface area contributed by atoms with Gasteiger partial charge in [0.1, 0.15) is 5.75 Å². The van der Waals surface area contributed by atoms with Crippen LogP contribution in [0.15, 0.2) is 88.7 Å². The Hall–Kier alpha value is -3.50. The third-order valence-electron chi connectivity index (χ3n) is 4.85. The molecule has 0 unspecified atom stereocenters. The third kappa shape index (κ3) is 7.00. The van der Waals surface area contributed by atoms with Crippen LogP contribution >= 0.6 is 11.8 Å². The van der Waals surface area contributed by atoms with Crippen molar-refractivity contribution in [1.29, 1.82) is 0 Å². The van der Waals surface area contributed by atoms with E-state index in [1.165, 1.54) is 16.1 Å². The first-order chi connectivity index (χ1) is 16.8. The fourth-order valence-electron chi connectivity index (χ4n) is 3.18. The number of nitrogens with zero attached hydrogens (tertiary/aromatic N) is 1. The molecule has 0 fully saturated rings. The highest BCUT2D eigenvalue weighted by atomic mass is 32.2. The van der Waals surface area contributed by atoms with E-state index in [2.05, 4.69) is 5.32 Å². The molecule has 0 aliphatic heterocycles. The van der Waals surface area contributed by atoms with Crippen molar-refractivity contribution in [3.8, 4) is 5.75 Å². The molecule has 10 heteroatoms. The van der Waals surface area contributed by atoms with Gasteiger partial charge in [0, 0.05) is 11.4 Å². The average Bonchev–Trinajstić information content (AvgIpc) is 2.88. The van der Waals surface area contributed by atoms with Crippen LogP contribution in [0.5, 0.6) is 5.75 Å². The number of nitrogens with one attached hydrogen (secondary N) is 1. The van der Waals surface area contributed by atoms with Gasteiger partial charge in [-0.05, 0) is 61.7 Å². The summed E-state index contributed by atoms with van der Waals surface area (Å²) in [5, 5.41) is 2.71. The second-order valence-electron chi connectivity index (χ2n) is 7.17. The number of benzene rings is 3. The minimum absolute atomic E-state index is 0.200. The van der Waals surface area contributed by atoms with Crippen LogP contribution < -0.4 is 14.4 Å². The molecule has 3 aromatic carbocycles. The van der Waals surface area contributed by atoms with Crippen molar-refractivity contribution in [3.05, 3.63) is 78.9 Å². The zero-order valence-corrected chi connectivity index (χ0v) is 21.0. The predicted octanol–water partition coefficient (Wildman–Crippen LogP) is 4.18. The van der Waals surface area contributed by atoms with E-state index in [-0.39, 0.29) is 11.4 Å². The summed E-state index contributed by atoms with van der Waals surface area (Å²) < 4.78 is 37.6. The Kier molecular flexibility index (Phi) is 9.16. The topological polar surface area (TPSA) is 102 Å². The number of para-hydroxylation sites is 1. The molecule has 1 amide bonds. The summed E-state index contributed by atoms with van der Waals surface area (Å²) in [5.74, 6) is -0.801. The molecule has 0 aliphatic rings. The van der Waals surface area contributed by atoms with Crippen LogP contribution in [-0.4, -0.2) is 46.3 Å². The van der Waals surface area contributed by atoms with Gasteiger partial charge in [0.2, 0.25) is 0 Å². The Morgan fingerprint density at radius 2 is 1.57 bits per heavy atom. The maximum Gasteiger partial charge on any atom is 0.344 e. The Morgan fingerprint density at radius 1 is 0.914 bits per heavy atom. The second-order valence-corrected chi connectivity index (χ2v) is 9.88. The molecule has 184 valence electrons. The van der Waals surface area contributed by atoms with E-state index in [1.54, 1.807) is 73.7 Å². The molecule has 0 aliphatic carbocycles. The highest BCUT2D eigenvalue weighted by Gasteiger charge is 2.23. The number of hydrogen-bond donors (Lipinski definition) is 1. The molecule has 0 atom stereocenters. The summed E-state index contributed by atoms with van der Waals surface area (Å²) in [6.07, 6.45) is 1.90. The zero-order valence-electron chi connectivity index (χ0n) is 19.3. The quantitative estimate of drug-likeness (QED) is 0.302. The van der Waals surface area contributed by atoms with Crippen LogP contribution in [0.2, 0.25) is 0 Å². The van der Waals surface area contributed by atoms with E-state index >= 15 is 0 Å². The number of sulfonamides is 1. The average molecular weight is 515 g/mol. The molecule has 0 spiro atoms. The molecule has 0 radical (unpaired) electrons. The van der Waals surface area contributed by atoms with Crippen LogP contribution in [-0.2, 0) is 24.3 Å². The van der Waals surface area contributed by atoms with Crippen molar-refractivity contribution >= 4 is 45.0 Å². The van der Waals surface area contributed by atoms with E-state index in [1.807, 2.05) is 18.4 Å². The zero-order chi connectivity index (χ0) is 25.3. The van der Waals surface area contributed by atoms with Gasteiger partial charge in [-0.25, -0.2) is 13.2 Å². The standard InChI is InChI=1S/C25H26N2O6S2/c1-3-27(35(30,31)21-9-5-4-6-10-21)19-13-15-20(16-14-19)32-18-25(29)33-17-24(28)26-22-11-7-8-12-23(22)34-2/h4-16H,3,17-18H2,1-2H3,(H,26,28). The van der Waals surface area contributed by atoms with Gasteiger partial charge >= 0.3 is 5.97 Å². The van der Waals surface area contributed by atoms with E-state index in [4.69, 9.17) is 9.47 Å². The fraction of sp³-hybridized carbons (Fsp3) is 0.200. The maximum atomic E-state index is 12.9. The van der Waals surface area contributed by atoms with Crippen molar-refractivity contribution in [1.82, 2.24) is 0 Å². The molecule has 0 saturated heterocycles. The van der Waals surface area contributed by atoms with Crippen molar-refractivity contribution in [3.63, 3.8) is 0 Å². The molecular weight excluding hydrogens is 488 g/mol. The van der Waals surface area contributed by atoms with Crippen LogP contribution in [0, 0.1) is 0 Å². The highest BCUT2D eigenvalue weighted by Crippen LogP contribution is 2.26. The number of hydrogen-bond acceptors (Lipinski definition) is 7. The summed E-state index contributed by atoms with van der Waals surface area (Å²) in [4.78, 5) is 25.2. The first-order valence-corrected chi connectivity index (χ1v) is 13.4. The number of esters is 1. The first-order valence-electron chi connectivity index (χ1n) is 10.7. The van der Waals surface area contributed by atoms with Crippen LogP contribution in [0.3, 0.4) is 0 Å². The van der Waals surface area contributed by atoms with Crippen LogP contribution in [0.1, 0.15) is 6.92 Å². The summed E-state index contributed by atoms with van der Waals surface area (Å²) in [6, 6.07) is 21.8. The first kappa shape index (κ1) is 26.1. The van der Waals surface area contributed by atoms with E-state index in [9.17, 15) is 18.0 Å². The molecule has 0 aromatic heterocycles. The summed E-state index contributed by atoms with van der Waals surface area (Å²) in [6.45, 7) is 1.16. The normalized spacial score (nSPS) is 10.9. The monoisotopic (exact) mass is 514 g/mol. The number of amides is 1. The van der Waals surface area contributed by atoms with E-state index in [0.29, 0.717) is 17.1 Å². The SMILES string of the molecule is CCN(c1ccc(OCC(=O)OCC(=O)Nc2ccccc2SC)cc1)S(=O)(=O)c1ccccc1.